The topological polar surface area (TPSA) is 77.3 Å². The van der Waals surface area contributed by atoms with Gasteiger partial charge in [0.1, 0.15) is 11.4 Å². The van der Waals surface area contributed by atoms with E-state index >= 15 is 0 Å². The van der Waals surface area contributed by atoms with E-state index in [1.165, 1.54) is 0 Å². The Bertz CT molecular complexity index is 1480. The van der Waals surface area contributed by atoms with Gasteiger partial charge in [0, 0.05) is 43.1 Å². The molecule has 5 rings (SSSR count). The number of aromatic nitrogens is 2. The molecular formula is C27H31N5O2. The van der Waals surface area contributed by atoms with Gasteiger partial charge < -0.3 is 24.1 Å². The van der Waals surface area contributed by atoms with Crippen LogP contribution in [-0.4, -0.2) is 54.8 Å². The van der Waals surface area contributed by atoms with Crippen LogP contribution in [0.3, 0.4) is 0 Å². The highest BCUT2D eigenvalue weighted by atomic mass is 16.5. The number of likely N-dealkylation sites (N-methyl/N-ethyl adjacent to an activating group) is 1. The molecule has 1 fully saturated rings. The van der Waals surface area contributed by atoms with Crippen LogP contribution in [0.4, 0.5) is 5.69 Å². The van der Waals surface area contributed by atoms with E-state index in [4.69, 9.17) is 4.74 Å². The molecule has 0 saturated carbocycles. The Kier molecular flexibility index (Phi) is 5.70. The van der Waals surface area contributed by atoms with Crippen LogP contribution < -0.4 is 15.1 Å². The van der Waals surface area contributed by atoms with Crippen molar-refractivity contribution in [3.8, 4) is 11.8 Å². The molecule has 1 N–H and O–H groups in total. The number of pyridine rings is 1. The van der Waals surface area contributed by atoms with Gasteiger partial charge in [-0.25, -0.2) is 0 Å². The molecule has 4 aromatic rings. The summed E-state index contributed by atoms with van der Waals surface area (Å²) in [5.41, 5.74) is 4.14. The van der Waals surface area contributed by atoms with Crippen LogP contribution >= 0.6 is 0 Å². The zero-order chi connectivity index (χ0) is 24.0. The van der Waals surface area contributed by atoms with E-state index in [0.29, 0.717) is 16.3 Å². The summed E-state index contributed by atoms with van der Waals surface area (Å²) in [4.78, 5) is 22.0. The fourth-order valence-electron chi connectivity index (χ4n) is 5.32. The van der Waals surface area contributed by atoms with Gasteiger partial charge >= 0.3 is 0 Å². The summed E-state index contributed by atoms with van der Waals surface area (Å²) in [6.45, 7) is 8.20. The lowest BCUT2D eigenvalue weighted by atomic mass is 10.0. The minimum absolute atomic E-state index is 0.0101. The van der Waals surface area contributed by atoms with Crippen LogP contribution in [0.25, 0.3) is 32.8 Å². The molecule has 0 aliphatic carbocycles. The van der Waals surface area contributed by atoms with Crippen molar-refractivity contribution < 1.29 is 4.74 Å². The molecule has 1 aliphatic heterocycles. The summed E-state index contributed by atoms with van der Waals surface area (Å²) in [5.74, 6) is 0.731. The van der Waals surface area contributed by atoms with Crippen molar-refractivity contribution >= 4 is 38.5 Å². The summed E-state index contributed by atoms with van der Waals surface area (Å²) in [5, 5.41) is 11.6. The number of hydrogen-bond acceptors (Lipinski definition) is 5. The van der Waals surface area contributed by atoms with Gasteiger partial charge in [0.2, 0.25) is 0 Å². The highest BCUT2D eigenvalue weighted by Gasteiger charge is 2.24. The molecule has 0 amide bonds. The van der Waals surface area contributed by atoms with Crippen molar-refractivity contribution in [3.63, 3.8) is 0 Å². The first-order valence-electron chi connectivity index (χ1n) is 12.0. The van der Waals surface area contributed by atoms with E-state index in [1.807, 2.05) is 18.2 Å². The van der Waals surface area contributed by atoms with Crippen LogP contribution in [0, 0.1) is 11.3 Å². The zero-order valence-electron chi connectivity index (χ0n) is 20.3. The molecule has 0 bridgehead atoms. The highest BCUT2D eigenvalue weighted by Crippen LogP contribution is 2.37. The Morgan fingerprint density at radius 1 is 1.15 bits per heavy atom. The molecule has 2 aromatic heterocycles. The van der Waals surface area contributed by atoms with E-state index < -0.39 is 0 Å². The van der Waals surface area contributed by atoms with Crippen LogP contribution in [-0.2, 0) is 0 Å². The second-order valence-electron chi connectivity index (χ2n) is 9.39. The third-order valence-corrected chi connectivity index (χ3v) is 7.17. The maximum Gasteiger partial charge on any atom is 0.199 e. The first-order chi connectivity index (χ1) is 16.5. The fraction of sp³-hybridized carbons (Fsp3) is 0.407. The molecule has 1 atom stereocenters. The minimum Gasteiger partial charge on any atom is -0.495 e. The molecule has 3 heterocycles. The molecule has 0 radical (unpaired) electrons. The van der Waals surface area contributed by atoms with Crippen LogP contribution in [0.2, 0.25) is 0 Å². The highest BCUT2D eigenvalue weighted by molar-refractivity contribution is 6.10. The Hall–Kier alpha value is -3.50. The van der Waals surface area contributed by atoms with Gasteiger partial charge in [-0.2, -0.15) is 5.26 Å². The largest absolute Gasteiger partial charge is 0.495 e. The van der Waals surface area contributed by atoms with Crippen molar-refractivity contribution in [3.05, 3.63) is 46.1 Å². The molecule has 7 heteroatoms. The van der Waals surface area contributed by atoms with Gasteiger partial charge in [-0.05, 0) is 44.7 Å². The third-order valence-electron chi connectivity index (χ3n) is 7.17. The first-order valence-corrected chi connectivity index (χ1v) is 12.0. The molecule has 1 unspecified atom stereocenters. The molecule has 34 heavy (non-hydrogen) atoms. The van der Waals surface area contributed by atoms with Crippen LogP contribution in [0.1, 0.15) is 38.3 Å². The maximum atomic E-state index is 13.9. The van der Waals surface area contributed by atoms with E-state index in [-0.39, 0.29) is 11.5 Å². The molecule has 0 spiro atoms. The number of piperazine rings is 1. The summed E-state index contributed by atoms with van der Waals surface area (Å²) in [6.07, 6.45) is 2.03. The second-order valence-corrected chi connectivity index (χ2v) is 9.39. The number of methoxy groups -OCH3 is 1. The third kappa shape index (κ3) is 3.50. The van der Waals surface area contributed by atoms with Crippen molar-refractivity contribution in [2.45, 2.75) is 32.7 Å². The molecular weight excluding hydrogens is 426 g/mol. The maximum absolute atomic E-state index is 13.9. The summed E-state index contributed by atoms with van der Waals surface area (Å²) >= 11 is 0. The van der Waals surface area contributed by atoms with Gasteiger partial charge in [-0.15, -0.1) is 0 Å². The average molecular weight is 458 g/mol. The lowest BCUT2D eigenvalue weighted by Crippen LogP contribution is -2.44. The van der Waals surface area contributed by atoms with E-state index in [2.05, 4.69) is 52.4 Å². The van der Waals surface area contributed by atoms with Crippen molar-refractivity contribution in [1.29, 1.82) is 5.26 Å². The predicted molar refractivity (Wildman–Crippen MR) is 138 cm³/mol. The van der Waals surface area contributed by atoms with Gasteiger partial charge in [-0.1, -0.05) is 19.4 Å². The second kappa shape index (κ2) is 8.69. The zero-order valence-corrected chi connectivity index (χ0v) is 20.3. The molecule has 1 aliphatic rings. The number of benzene rings is 2. The fourth-order valence-corrected chi connectivity index (χ4v) is 5.32. The van der Waals surface area contributed by atoms with Gasteiger partial charge in [0.15, 0.2) is 5.43 Å². The predicted octanol–water partition coefficient (Wildman–Crippen LogP) is 4.63. The van der Waals surface area contributed by atoms with Crippen molar-refractivity contribution in [2.75, 3.05) is 45.2 Å². The number of fused-ring (bicyclic) bond motifs is 4. The number of rotatable bonds is 5. The van der Waals surface area contributed by atoms with Gasteiger partial charge in [0.05, 0.1) is 40.7 Å². The number of nitrogens with one attached hydrogen (secondary N) is 1. The lowest BCUT2D eigenvalue weighted by molar-refractivity contribution is 0.311. The van der Waals surface area contributed by atoms with Gasteiger partial charge in [-0.3, -0.25) is 4.79 Å². The lowest BCUT2D eigenvalue weighted by Gasteiger charge is -2.35. The smallest absolute Gasteiger partial charge is 0.199 e. The average Bonchev–Trinajstić information content (AvgIpc) is 3.22. The molecule has 2 aromatic carbocycles. The Morgan fingerprint density at radius 2 is 1.91 bits per heavy atom. The Morgan fingerprint density at radius 3 is 2.59 bits per heavy atom. The Balaban J connectivity index is 1.86. The van der Waals surface area contributed by atoms with Crippen molar-refractivity contribution in [1.82, 2.24) is 14.5 Å². The quantitative estimate of drug-likeness (QED) is 0.473. The van der Waals surface area contributed by atoms with Crippen LogP contribution in [0.5, 0.6) is 5.75 Å². The summed E-state index contributed by atoms with van der Waals surface area (Å²) in [7, 11) is 3.82. The van der Waals surface area contributed by atoms with E-state index in [1.54, 1.807) is 13.2 Å². The number of aromatic amines is 1. The van der Waals surface area contributed by atoms with Crippen LogP contribution in [0.15, 0.2) is 35.1 Å². The standard InChI is InChI=1S/C27H31N5O2/c1-5-6-17(2)32-22-15-23(31-11-9-30(3)10-12-31)24(34-4)14-20(22)26(33)25-19-8-7-18(16-28)13-21(19)29-27(25)32/h7-8,13-15,17,29H,5-6,9-12H2,1-4H3. The number of nitriles is 1. The normalized spacial score (nSPS) is 15.8. The summed E-state index contributed by atoms with van der Waals surface area (Å²) < 4.78 is 8.08. The number of hydrogen-bond donors (Lipinski definition) is 1. The number of ether oxygens (including phenoxy) is 1. The van der Waals surface area contributed by atoms with Crippen molar-refractivity contribution in [2.24, 2.45) is 0 Å². The van der Waals surface area contributed by atoms with Gasteiger partial charge in [0.25, 0.3) is 0 Å². The summed E-state index contributed by atoms with van der Waals surface area (Å²) in [6, 6.07) is 11.9. The minimum atomic E-state index is -0.0101. The first kappa shape index (κ1) is 22.3. The number of H-pyrrole nitrogens is 1. The van der Waals surface area contributed by atoms with E-state index in [9.17, 15) is 10.1 Å². The molecule has 1 saturated heterocycles. The number of anilines is 1. The Labute approximate surface area is 199 Å². The molecule has 176 valence electrons. The SMILES string of the molecule is CCCC(C)n1c2cc(N3CCN(C)CC3)c(OC)cc2c(=O)c2c3ccc(C#N)cc3[nH]c21. The molecule has 7 nitrogen and oxygen atoms in total. The van der Waals surface area contributed by atoms with E-state index in [0.717, 1.165) is 72.5 Å². The monoisotopic (exact) mass is 457 g/mol. The number of nitrogens with zero attached hydrogens (tertiary/aromatic N) is 4.